The number of anilines is 1. The minimum atomic E-state index is -2.71. The standard InChI is InChI=1S/C18H14F3IN4O3/c19-10-6-26(17-12(27)13(20)18(21,7-22)29-17)15-11(10)14(23-8-24-15)25-16(28)9-4-2-1-3-5-9/h1-6,8,12-13,17,27H,7H2,(H,23,24,25,28)/t12-,13+,17-,18-/m1/s1. The number of carbonyl (C=O) groups excluding carboxylic acids is 1. The van der Waals surface area contributed by atoms with Gasteiger partial charge in [-0.1, -0.05) is 40.8 Å². The Morgan fingerprint density at radius 3 is 2.72 bits per heavy atom. The van der Waals surface area contributed by atoms with Crippen molar-refractivity contribution >= 4 is 45.3 Å². The van der Waals surface area contributed by atoms with Crippen molar-refractivity contribution in [2.75, 3.05) is 9.74 Å². The summed E-state index contributed by atoms with van der Waals surface area (Å²) in [5, 5.41) is 12.4. The predicted octanol–water partition coefficient (Wildman–Crippen LogP) is 3.15. The molecular formula is C18H14F3IN4O3. The van der Waals surface area contributed by atoms with Gasteiger partial charge in [-0.2, -0.15) is 0 Å². The zero-order valence-electron chi connectivity index (χ0n) is 14.6. The number of aromatic nitrogens is 3. The first-order valence-electron chi connectivity index (χ1n) is 8.48. The molecule has 1 aliphatic rings. The number of amides is 1. The lowest BCUT2D eigenvalue weighted by Crippen LogP contribution is -2.37. The van der Waals surface area contributed by atoms with Crippen LogP contribution in [0.4, 0.5) is 19.0 Å². The molecule has 0 unspecified atom stereocenters. The normalized spacial score (nSPS) is 26.7. The molecule has 2 aromatic heterocycles. The molecule has 3 heterocycles. The van der Waals surface area contributed by atoms with Gasteiger partial charge >= 0.3 is 0 Å². The molecule has 1 amide bonds. The maximum Gasteiger partial charge on any atom is 0.256 e. The Kier molecular flexibility index (Phi) is 5.21. The molecule has 0 saturated carbocycles. The van der Waals surface area contributed by atoms with Crippen molar-refractivity contribution in [1.29, 1.82) is 0 Å². The van der Waals surface area contributed by atoms with E-state index in [2.05, 4.69) is 15.3 Å². The van der Waals surface area contributed by atoms with Gasteiger partial charge in [-0.15, -0.1) is 0 Å². The first kappa shape index (κ1) is 20.0. The fourth-order valence-electron chi connectivity index (χ4n) is 3.16. The molecule has 7 nitrogen and oxygen atoms in total. The summed E-state index contributed by atoms with van der Waals surface area (Å²) < 4.78 is 49.1. The SMILES string of the molecule is O=C(Nc1ncnc2c1c(F)cn2[C@@H]1O[C@](F)(CI)[C@@H](F)[C@H]1O)c1ccccc1. The van der Waals surface area contributed by atoms with Crippen LogP contribution in [-0.2, 0) is 4.74 Å². The van der Waals surface area contributed by atoms with Crippen LogP contribution >= 0.6 is 22.6 Å². The summed E-state index contributed by atoms with van der Waals surface area (Å²) in [5.41, 5.74) is 0.244. The molecular weight excluding hydrogens is 504 g/mol. The van der Waals surface area contributed by atoms with Gasteiger partial charge in [-0.25, -0.2) is 23.1 Å². The van der Waals surface area contributed by atoms with E-state index < -0.39 is 36.1 Å². The number of halogens is 4. The number of rotatable bonds is 4. The highest BCUT2D eigenvalue weighted by Gasteiger charge is 2.57. The summed E-state index contributed by atoms with van der Waals surface area (Å²) in [6.07, 6.45) is -3.76. The van der Waals surface area contributed by atoms with Gasteiger partial charge in [0.1, 0.15) is 18.2 Å². The van der Waals surface area contributed by atoms with E-state index in [0.29, 0.717) is 5.56 Å². The van der Waals surface area contributed by atoms with Crippen molar-refractivity contribution in [3.8, 4) is 0 Å². The second kappa shape index (κ2) is 7.54. The number of alkyl halides is 3. The van der Waals surface area contributed by atoms with E-state index in [1.807, 2.05) is 0 Å². The van der Waals surface area contributed by atoms with E-state index in [9.17, 15) is 23.1 Å². The molecule has 0 aliphatic carbocycles. The molecule has 3 aromatic rings. The lowest BCUT2D eigenvalue weighted by atomic mass is 10.1. The number of ether oxygens (including phenoxy) is 1. The molecule has 4 rings (SSSR count). The van der Waals surface area contributed by atoms with Crippen molar-refractivity contribution in [2.24, 2.45) is 0 Å². The van der Waals surface area contributed by atoms with E-state index in [1.165, 1.54) is 0 Å². The molecule has 1 aliphatic heterocycles. The van der Waals surface area contributed by atoms with Crippen LogP contribution in [-0.4, -0.2) is 48.1 Å². The highest BCUT2D eigenvalue weighted by molar-refractivity contribution is 14.1. The molecule has 1 aromatic carbocycles. The van der Waals surface area contributed by atoms with Crippen LogP contribution in [0.5, 0.6) is 0 Å². The first-order chi connectivity index (χ1) is 13.9. The van der Waals surface area contributed by atoms with Crippen LogP contribution < -0.4 is 5.32 Å². The first-order valence-corrected chi connectivity index (χ1v) is 10.0. The summed E-state index contributed by atoms with van der Waals surface area (Å²) in [7, 11) is 0. The smallest absolute Gasteiger partial charge is 0.256 e. The van der Waals surface area contributed by atoms with Gasteiger partial charge in [-0.05, 0) is 12.1 Å². The summed E-state index contributed by atoms with van der Waals surface area (Å²) in [5.74, 6) is -4.20. The average Bonchev–Trinajstić information content (AvgIpc) is 3.19. The summed E-state index contributed by atoms with van der Waals surface area (Å²) in [6, 6.07) is 8.23. The van der Waals surface area contributed by atoms with Gasteiger partial charge in [0.25, 0.3) is 11.8 Å². The predicted molar refractivity (Wildman–Crippen MR) is 106 cm³/mol. The lowest BCUT2D eigenvalue weighted by Gasteiger charge is -2.19. The highest BCUT2D eigenvalue weighted by Crippen LogP contribution is 2.43. The number of nitrogens with one attached hydrogen (secondary N) is 1. The van der Waals surface area contributed by atoms with E-state index in [1.54, 1.807) is 52.9 Å². The maximum absolute atomic E-state index is 14.7. The fourth-order valence-corrected chi connectivity index (χ4v) is 3.76. The third-order valence-corrected chi connectivity index (χ3v) is 5.65. The van der Waals surface area contributed by atoms with Gasteiger partial charge in [-0.3, -0.25) is 4.79 Å². The summed E-state index contributed by atoms with van der Waals surface area (Å²) in [6.45, 7) is 0. The average molecular weight is 518 g/mol. The molecule has 0 bridgehead atoms. The second-order valence-electron chi connectivity index (χ2n) is 6.45. The molecule has 2 N–H and O–H groups in total. The van der Waals surface area contributed by atoms with Crippen LogP contribution in [0.25, 0.3) is 11.0 Å². The largest absolute Gasteiger partial charge is 0.385 e. The van der Waals surface area contributed by atoms with Crippen molar-refractivity contribution in [3.05, 3.63) is 54.2 Å². The molecule has 29 heavy (non-hydrogen) atoms. The number of nitrogens with zero attached hydrogens (tertiary/aromatic N) is 3. The van der Waals surface area contributed by atoms with Crippen LogP contribution in [0.2, 0.25) is 0 Å². The van der Waals surface area contributed by atoms with Crippen molar-refractivity contribution in [2.45, 2.75) is 24.4 Å². The van der Waals surface area contributed by atoms with E-state index in [4.69, 9.17) is 4.74 Å². The Morgan fingerprint density at radius 1 is 1.34 bits per heavy atom. The van der Waals surface area contributed by atoms with Gasteiger partial charge < -0.3 is 19.7 Å². The zero-order chi connectivity index (χ0) is 20.8. The molecule has 1 saturated heterocycles. The Hall–Kier alpha value is -2.25. The van der Waals surface area contributed by atoms with E-state index in [0.717, 1.165) is 17.1 Å². The molecule has 0 radical (unpaired) electrons. The number of hydrogen-bond donors (Lipinski definition) is 2. The van der Waals surface area contributed by atoms with Crippen LogP contribution in [0, 0.1) is 5.82 Å². The van der Waals surface area contributed by atoms with Crippen LogP contribution in [0.3, 0.4) is 0 Å². The molecule has 152 valence electrons. The van der Waals surface area contributed by atoms with Gasteiger partial charge in [0.05, 0.1) is 9.81 Å². The van der Waals surface area contributed by atoms with E-state index in [-0.39, 0.29) is 21.3 Å². The summed E-state index contributed by atoms with van der Waals surface area (Å²) >= 11 is 1.60. The van der Waals surface area contributed by atoms with Crippen molar-refractivity contribution < 1.29 is 27.8 Å². The Balaban J connectivity index is 1.73. The second-order valence-corrected chi connectivity index (χ2v) is 7.21. The number of hydrogen-bond acceptors (Lipinski definition) is 5. The highest BCUT2D eigenvalue weighted by atomic mass is 127. The third kappa shape index (κ3) is 3.36. The number of aliphatic hydroxyl groups excluding tert-OH is 1. The molecule has 1 fully saturated rings. The Bertz CT molecular complexity index is 1070. The van der Waals surface area contributed by atoms with Crippen LogP contribution in [0.15, 0.2) is 42.9 Å². The van der Waals surface area contributed by atoms with E-state index >= 15 is 0 Å². The van der Waals surface area contributed by atoms with Crippen LogP contribution in [0.1, 0.15) is 16.6 Å². The Morgan fingerprint density at radius 2 is 2.07 bits per heavy atom. The molecule has 0 spiro atoms. The Labute approximate surface area is 176 Å². The quantitative estimate of drug-likeness (QED) is 0.410. The number of aliphatic hydroxyl groups is 1. The molecule has 4 atom stereocenters. The summed E-state index contributed by atoms with van der Waals surface area (Å²) in [4.78, 5) is 20.2. The zero-order valence-corrected chi connectivity index (χ0v) is 16.8. The van der Waals surface area contributed by atoms with Gasteiger partial charge in [0, 0.05) is 11.8 Å². The molecule has 11 heteroatoms. The van der Waals surface area contributed by atoms with Gasteiger partial charge in [0.2, 0.25) is 0 Å². The fraction of sp³-hybridized carbons (Fsp3) is 0.278. The number of fused-ring (bicyclic) bond motifs is 1. The minimum absolute atomic E-state index is 0.0881. The maximum atomic E-state index is 14.7. The van der Waals surface area contributed by atoms with Gasteiger partial charge in [0.15, 0.2) is 23.9 Å². The topological polar surface area (TPSA) is 89.3 Å². The minimum Gasteiger partial charge on any atom is -0.385 e. The number of benzene rings is 1. The van der Waals surface area contributed by atoms with Crippen molar-refractivity contribution in [3.63, 3.8) is 0 Å². The lowest BCUT2D eigenvalue weighted by molar-refractivity contribution is -0.156. The van der Waals surface area contributed by atoms with Crippen molar-refractivity contribution in [1.82, 2.24) is 14.5 Å². The number of carbonyl (C=O) groups is 1. The third-order valence-electron chi connectivity index (χ3n) is 4.61. The monoisotopic (exact) mass is 518 g/mol.